The Morgan fingerprint density at radius 3 is 2.80 bits per heavy atom. The SMILES string of the molecule is CC(C)(C)c1ncc(CNCC2Cc3ccccc32)s1. The first kappa shape index (κ1) is 13.8. The van der Waals surface area contributed by atoms with Gasteiger partial charge in [-0.3, -0.25) is 0 Å². The van der Waals surface area contributed by atoms with Crippen LogP contribution in [0, 0.1) is 0 Å². The maximum atomic E-state index is 4.53. The topological polar surface area (TPSA) is 24.9 Å². The molecular weight excluding hydrogens is 264 g/mol. The van der Waals surface area contributed by atoms with Gasteiger partial charge >= 0.3 is 0 Å². The molecule has 0 fully saturated rings. The molecule has 1 heterocycles. The highest BCUT2D eigenvalue weighted by molar-refractivity contribution is 7.11. The highest BCUT2D eigenvalue weighted by atomic mass is 32.1. The van der Waals surface area contributed by atoms with E-state index in [4.69, 9.17) is 0 Å². The monoisotopic (exact) mass is 286 g/mol. The van der Waals surface area contributed by atoms with E-state index in [9.17, 15) is 0 Å². The van der Waals surface area contributed by atoms with E-state index in [1.807, 2.05) is 17.5 Å². The number of thiazole rings is 1. The lowest BCUT2D eigenvalue weighted by Gasteiger charge is -2.30. The molecule has 0 radical (unpaired) electrons. The van der Waals surface area contributed by atoms with E-state index in [1.54, 1.807) is 0 Å². The van der Waals surface area contributed by atoms with Crippen LogP contribution < -0.4 is 5.32 Å². The van der Waals surface area contributed by atoms with Crippen LogP contribution in [-0.4, -0.2) is 11.5 Å². The average molecular weight is 286 g/mol. The van der Waals surface area contributed by atoms with Gasteiger partial charge in [0.25, 0.3) is 0 Å². The third-order valence-electron chi connectivity index (χ3n) is 3.85. The van der Waals surface area contributed by atoms with Gasteiger partial charge in [-0.05, 0) is 17.5 Å². The molecule has 0 spiro atoms. The molecule has 1 aromatic carbocycles. The van der Waals surface area contributed by atoms with Crippen LogP contribution in [0.5, 0.6) is 0 Å². The molecule has 3 heteroatoms. The molecule has 20 heavy (non-hydrogen) atoms. The standard InChI is InChI=1S/C17H22N2S/c1-17(2,3)16-19-11-14(20-16)10-18-9-13-8-12-6-4-5-7-15(12)13/h4-7,11,13,18H,8-10H2,1-3H3. The lowest BCUT2D eigenvalue weighted by Crippen LogP contribution is -2.28. The molecule has 1 aliphatic rings. The molecule has 1 aromatic heterocycles. The van der Waals surface area contributed by atoms with E-state index in [0.717, 1.165) is 13.1 Å². The minimum absolute atomic E-state index is 0.163. The molecule has 1 N–H and O–H groups in total. The fourth-order valence-corrected chi connectivity index (χ4v) is 3.59. The fourth-order valence-electron chi connectivity index (χ4n) is 2.65. The van der Waals surface area contributed by atoms with Crippen molar-refractivity contribution in [2.24, 2.45) is 0 Å². The molecule has 0 bridgehead atoms. The average Bonchev–Trinajstić information content (AvgIpc) is 2.83. The van der Waals surface area contributed by atoms with Crippen molar-refractivity contribution in [1.29, 1.82) is 0 Å². The van der Waals surface area contributed by atoms with Gasteiger partial charge in [0.1, 0.15) is 0 Å². The van der Waals surface area contributed by atoms with Crippen molar-refractivity contribution in [3.63, 3.8) is 0 Å². The van der Waals surface area contributed by atoms with Crippen molar-refractivity contribution in [3.05, 3.63) is 51.5 Å². The van der Waals surface area contributed by atoms with Crippen LogP contribution in [0.25, 0.3) is 0 Å². The van der Waals surface area contributed by atoms with E-state index < -0.39 is 0 Å². The Bertz CT molecular complexity index is 595. The summed E-state index contributed by atoms with van der Waals surface area (Å²) in [6.07, 6.45) is 3.24. The van der Waals surface area contributed by atoms with Crippen LogP contribution >= 0.6 is 11.3 Å². The maximum absolute atomic E-state index is 4.53. The van der Waals surface area contributed by atoms with Gasteiger partial charge in [-0.2, -0.15) is 0 Å². The maximum Gasteiger partial charge on any atom is 0.0981 e. The van der Waals surface area contributed by atoms with Gasteiger partial charge in [-0.15, -0.1) is 11.3 Å². The second-order valence-electron chi connectivity index (χ2n) is 6.61. The van der Waals surface area contributed by atoms with Crippen molar-refractivity contribution in [2.45, 2.75) is 45.1 Å². The highest BCUT2D eigenvalue weighted by Crippen LogP contribution is 2.34. The number of hydrogen-bond acceptors (Lipinski definition) is 3. The smallest absolute Gasteiger partial charge is 0.0981 e. The van der Waals surface area contributed by atoms with Gasteiger partial charge in [0.2, 0.25) is 0 Å². The fraction of sp³-hybridized carbons (Fsp3) is 0.471. The zero-order valence-corrected chi connectivity index (χ0v) is 13.3. The summed E-state index contributed by atoms with van der Waals surface area (Å²) in [5.41, 5.74) is 3.21. The van der Waals surface area contributed by atoms with Crippen molar-refractivity contribution in [3.8, 4) is 0 Å². The highest BCUT2D eigenvalue weighted by Gasteiger charge is 2.24. The molecule has 106 valence electrons. The number of rotatable bonds is 4. The van der Waals surface area contributed by atoms with E-state index in [2.05, 4.69) is 55.3 Å². The third-order valence-corrected chi connectivity index (χ3v) is 5.27. The van der Waals surface area contributed by atoms with E-state index in [1.165, 1.54) is 27.4 Å². The summed E-state index contributed by atoms with van der Waals surface area (Å²) in [5, 5.41) is 4.80. The lowest BCUT2D eigenvalue weighted by atomic mass is 9.78. The minimum Gasteiger partial charge on any atom is -0.311 e. The Balaban J connectivity index is 1.51. The Morgan fingerprint density at radius 1 is 1.30 bits per heavy atom. The predicted octanol–water partition coefficient (Wildman–Crippen LogP) is 3.87. The number of benzene rings is 1. The molecule has 1 aliphatic carbocycles. The molecule has 0 saturated heterocycles. The van der Waals surface area contributed by atoms with Gasteiger partial charge in [-0.1, -0.05) is 45.0 Å². The first-order valence-electron chi connectivity index (χ1n) is 7.28. The number of hydrogen-bond donors (Lipinski definition) is 1. The molecule has 1 atom stereocenters. The second kappa shape index (κ2) is 5.30. The van der Waals surface area contributed by atoms with Crippen molar-refractivity contribution >= 4 is 11.3 Å². The van der Waals surface area contributed by atoms with Gasteiger partial charge < -0.3 is 5.32 Å². The molecule has 0 amide bonds. The summed E-state index contributed by atoms with van der Waals surface area (Å²) in [7, 11) is 0. The molecule has 2 nitrogen and oxygen atoms in total. The Hall–Kier alpha value is -1.19. The Labute approximate surface area is 125 Å². The molecule has 0 aliphatic heterocycles. The zero-order valence-electron chi connectivity index (χ0n) is 12.4. The van der Waals surface area contributed by atoms with Crippen molar-refractivity contribution in [2.75, 3.05) is 6.54 Å². The zero-order chi connectivity index (χ0) is 14.2. The van der Waals surface area contributed by atoms with Crippen LogP contribution in [0.3, 0.4) is 0 Å². The van der Waals surface area contributed by atoms with E-state index in [0.29, 0.717) is 5.92 Å². The quantitative estimate of drug-likeness (QED) is 0.923. The summed E-state index contributed by atoms with van der Waals surface area (Å²) in [5.74, 6) is 0.696. The van der Waals surface area contributed by atoms with Crippen LogP contribution in [-0.2, 0) is 18.4 Å². The summed E-state index contributed by atoms with van der Waals surface area (Å²) in [6.45, 7) is 8.66. The van der Waals surface area contributed by atoms with Crippen LogP contribution in [0.4, 0.5) is 0 Å². The first-order valence-corrected chi connectivity index (χ1v) is 8.09. The van der Waals surface area contributed by atoms with Crippen LogP contribution in [0.15, 0.2) is 30.5 Å². The molecular formula is C17H22N2S. The van der Waals surface area contributed by atoms with Gasteiger partial charge in [0, 0.05) is 35.5 Å². The van der Waals surface area contributed by atoms with Gasteiger partial charge in [0.05, 0.1) is 5.01 Å². The van der Waals surface area contributed by atoms with Gasteiger partial charge in [0.15, 0.2) is 0 Å². The summed E-state index contributed by atoms with van der Waals surface area (Å²) < 4.78 is 0. The van der Waals surface area contributed by atoms with Crippen LogP contribution in [0.1, 0.15) is 47.7 Å². The summed E-state index contributed by atoms with van der Waals surface area (Å²) in [4.78, 5) is 5.87. The predicted molar refractivity (Wildman–Crippen MR) is 85.4 cm³/mol. The van der Waals surface area contributed by atoms with Crippen molar-refractivity contribution in [1.82, 2.24) is 10.3 Å². The lowest BCUT2D eigenvalue weighted by molar-refractivity contribution is 0.537. The summed E-state index contributed by atoms with van der Waals surface area (Å²) in [6, 6.07) is 8.78. The van der Waals surface area contributed by atoms with E-state index in [-0.39, 0.29) is 5.41 Å². The molecule has 2 aromatic rings. The Morgan fingerprint density at radius 2 is 2.10 bits per heavy atom. The second-order valence-corrected chi connectivity index (χ2v) is 7.73. The summed E-state index contributed by atoms with van der Waals surface area (Å²) >= 11 is 1.83. The normalized spacial score (nSPS) is 17.6. The first-order chi connectivity index (χ1) is 9.54. The van der Waals surface area contributed by atoms with Gasteiger partial charge in [-0.25, -0.2) is 4.98 Å². The Kier molecular flexibility index (Phi) is 3.65. The third kappa shape index (κ3) is 2.79. The largest absolute Gasteiger partial charge is 0.311 e. The number of nitrogens with zero attached hydrogens (tertiary/aromatic N) is 1. The van der Waals surface area contributed by atoms with Crippen molar-refractivity contribution < 1.29 is 0 Å². The van der Waals surface area contributed by atoms with Crippen LogP contribution in [0.2, 0.25) is 0 Å². The number of aromatic nitrogens is 1. The molecule has 1 unspecified atom stereocenters. The van der Waals surface area contributed by atoms with E-state index >= 15 is 0 Å². The number of fused-ring (bicyclic) bond motifs is 1. The molecule has 3 rings (SSSR count). The number of nitrogens with one attached hydrogen (secondary N) is 1. The minimum atomic E-state index is 0.163. The molecule has 0 saturated carbocycles.